The second-order valence-corrected chi connectivity index (χ2v) is 9.68. The molecule has 8 nitrogen and oxygen atoms in total. The lowest BCUT2D eigenvalue weighted by Gasteiger charge is -2.36. The number of methoxy groups -OCH3 is 1. The number of thioether (sulfide) groups is 1. The molecule has 0 amide bonds. The minimum absolute atomic E-state index is 0.0422. The van der Waals surface area contributed by atoms with Gasteiger partial charge in [0.05, 0.1) is 29.7 Å². The Kier molecular flexibility index (Phi) is 8.31. The van der Waals surface area contributed by atoms with E-state index < -0.39 is 18.0 Å². The van der Waals surface area contributed by atoms with E-state index in [2.05, 4.69) is 19.9 Å². The van der Waals surface area contributed by atoms with Crippen molar-refractivity contribution < 1.29 is 19.7 Å². The van der Waals surface area contributed by atoms with Crippen molar-refractivity contribution in [1.82, 2.24) is 19.9 Å². The summed E-state index contributed by atoms with van der Waals surface area (Å²) in [6.07, 6.45) is 6.26. The molecule has 0 unspecified atom stereocenters. The van der Waals surface area contributed by atoms with Crippen molar-refractivity contribution in [3.05, 3.63) is 54.6 Å². The van der Waals surface area contributed by atoms with Gasteiger partial charge in [-0.15, -0.1) is 11.8 Å². The minimum atomic E-state index is -0.758. The summed E-state index contributed by atoms with van der Waals surface area (Å²) in [5.74, 6) is 0.419. The molecule has 0 aliphatic carbocycles. The van der Waals surface area contributed by atoms with E-state index in [9.17, 15) is 15.0 Å². The number of carboxylic acid groups (broad SMARTS) is 1. The van der Waals surface area contributed by atoms with Gasteiger partial charge < -0.3 is 19.8 Å². The number of hydrogen-bond donors (Lipinski definition) is 2. The smallest absolute Gasteiger partial charge is 0.308 e. The fraction of sp³-hybridized carbons (Fsp3) is 0.440. The summed E-state index contributed by atoms with van der Waals surface area (Å²) < 4.78 is 5.33. The van der Waals surface area contributed by atoms with E-state index in [1.165, 1.54) is 6.33 Å². The standard InChI is InChI=1S/C25H30N4O4S/c1-33-18-3-4-22-20(14-18)19(6-10-27-22)23(30)5-2-17-8-11-29(15-21(17)25(31)32)12-13-34-24-7-9-26-16-28-24/h3-4,6-7,9-10,14,16-17,21,23,30H,2,5,8,11-13,15H2,1H3,(H,31,32)/t17-,21+,23+/m1/s1. The molecular weight excluding hydrogens is 452 g/mol. The number of ether oxygens (including phenoxy) is 1. The number of aliphatic hydroxyl groups is 1. The lowest BCUT2D eigenvalue weighted by atomic mass is 9.81. The first-order valence-electron chi connectivity index (χ1n) is 11.5. The third-order valence-electron chi connectivity index (χ3n) is 6.52. The number of piperidine rings is 1. The van der Waals surface area contributed by atoms with E-state index in [4.69, 9.17) is 4.74 Å². The Morgan fingerprint density at radius 2 is 2.15 bits per heavy atom. The van der Waals surface area contributed by atoms with Crippen LogP contribution in [0.25, 0.3) is 10.9 Å². The molecule has 2 aromatic heterocycles. The van der Waals surface area contributed by atoms with Gasteiger partial charge in [0.1, 0.15) is 12.1 Å². The highest BCUT2D eigenvalue weighted by atomic mass is 32.2. The molecule has 0 bridgehead atoms. The summed E-state index contributed by atoms with van der Waals surface area (Å²) >= 11 is 1.65. The van der Waals surface area contributed by atoms with Crippen LogP contribution in [0.2, 0.25) is 0 Å². The van der Waals surface area contributed by atoms with E-state index >= 15 is 0 Å². The average molecular weight is 483 g/mol. The van der Waals surface area contributed by atoms with E-state index in [0.717, 1.165) is 46.8 Å². The van der Waals surface area contributed by atoms with E-state index in [-0.39, 0.29) is 5.92 Å². The summed E-state index contributed by atoms with van der Waals surface area (Å²) in [5, 5.41) is 22.6. The van der Waals surface area contributed by atoms with Crippen LogP contribution in [0, 0.1) is 11.8 Å². The van der Waals surface area contributed by atoms with E-state index in [1.807, 2.05) is 30.3 Å². The molecule has 3 heterocycles. The monoisotopic (exact) mass is 482 g/mol. The molecule has 0 saturated carbocycles. The Hall–Kier alpha value is -2.75. The van der Waals surface area contributed by atoms with Crippen LogP contribution < -0.4 is 4.74 Å². The molecule has 0 radical (unpaired) electrons. The van der Waals surface area contributed by atoms with Crippen LogP contribution >= 0.6 is 11.8 Å². The van der Waals surface area contributed by atoms with Gasteiger partial charge in [-0.2, -0.15) is 0 Å². The zero-order valence-corrected chi connectivity index (χ0v) is 20.0. The number of aliphatic carboxylic acids is 1. The number of carbonyl (C=O) groups is 1. The van der Waals surface area contributed by atoms with Gasteiger partial charge in [0.15, 0.2) is 0 Å². The maximum Gasteiger partial charge on any atom is 0.308 e. The number of pyridine rings is 1. The summed E-state index contributed by atoms with van der Waals surface area (Å²) in [7, 11) is 1.61. The maximum absolute atomic E-state index is 12.0. The third-order valence-corrected chi connectivity index (χ3v) is 7.45. The lowest BCUT2D eigenvalue weighted by molar-refractivity contribution is -0.146. The molecule has 34 heavy (non-hydrogen) atoms. The number of carboxylic acids is 1. The second kappa shape index (κ2) is 11.6. The maximum atomic E-state index is 12.0. The Morgan fingerprint density at radius 1 is 1.26 bits per heavy atom. The van der Waals surface area contributed by atoms with Crippen molar-refractivity contribution in [1.29, 1.82) is 0 Å². The fourth-order valence-corrected chi connectivity index (χ4v) is 5.47. The topological polar surface area (TPSA) is 109 Å². The Balaban J connectivity index is 1.34. The van der Waals surface area contributed by atoms with Crippen molar-refractivity contribution in [2.24, 2.45) is 11.8 Å². The number of nitrogens with zero attached hydrogens (tertiary/aromatic N) is 4. The van der Waals surface area contributed by atoms with Gasteiger partial charge in [0, 0.05) is 36.6 Å². The SMILES string of the molecule is COc1ccc2nccc([C@@H](O)CC[C@@H]3CCN(CCSc4ccncn4)C[C@@H]3C(=O)O)c2c1. The molecule has 1 aliphatic rings. The molecule has 180 valence electrons. The average Bonchev–Trinajstić information content (AvgIpc) is 2.87. The number of likely N-dealkylation sites (tertiary alicyclic amines) is 1. The predicted octanol–water partition coefficient (Wildman–Crippen LogP) is 3.66. The van der Waals surface area contributed by atoms with Crippen LogP contribution in [0.1, 0.15) is 30.9 Å². The molecule has 1 saturated heterocycles. The van der Waals surface area contributed by atoms with Crippen molar-refractivity contribution in [2.45, 2.75) is 30.4 Å². The minimum Gasteiger partial charge on any atom is -0.497 e. The molecule has 4 rings (SSSR count). The highest BCUT2D eigenvalue weighted by Crippen LogP contribution is 2.34. The van der Waals surface area contributed by atoms with Crippen LogP contribution in [0.15, 0.2) is 54.1 Å². The molecule has 9 heteroatoms. The van der Waals surface area contributed by atoms with Crippen molar-refractivity contribution in [3.8, 4) is 5.75 Å². The molecule has 1 aliphatic heterocycles. The van der Waals surface area contributed by atoms with Crippen LogP contribution in [-0.4, -0.2) is 68.5 Å². The van der Waals surface area contributed by atoms with Crippen LogP contribution in [0.5, 0.6) is 5.75 Å². The van der Waals surface area contributed by atoms with Gasteiger partial charge in [-0.1, -0.05) is 0 Å². The summed E-state index contributed by atoms with van der Waals surface area (Å²) in [5.41, 5.74) is 1.60. The molecule has 1 fully saturated rings. The highest BCUT2D eigenvalue weighted by molar-refractivity contribution is 7.99. The zero-order chi connectivity index (χ0) is 23.9. The van der Waals surface area contributed by atoms with Crippen LogP contribution in [0.3, 0.4) is 0 Å². The Labute approximate surface area is 203 Å². The molecule has 1 aromatic carbocycles. The van der Waals surface area contributed by atoms with Gasteiger partial charge in [-0.05, 0) is 67.6 Å². The molecule has 3 atom stereocenters. The number of aromatic nitrogens is 3. The van der Waals surface area contributed by atoms with Crippen molar-refractivity contribution in [3.63, 3.8) is 0 Å². The molecule has 0 spiro atoms. The summed E-state index contributed by atoms with van der Waals surface area (Å²) in [6.45, 7) is 2.22. The van der Waals surface area contributed by atoms with Gasteiger partial charge >= 0.3 is 5.97 Å². The first kappa shape index (κ1) is 24.4. The molecule has 2 N–H and O–H groups in total. The number of benzene rings is 1. The van der Waals surface area contributed by atoms with Crippen LogP contribution in [0.4, 0.5) is 0 Å². The summed E-state index contributed by atoms with van der Waals surface area (Å²) in [6, 6.07) is 9.33. The Bertz CT molecular complexity index is 1100. The summed E-state index contributed by atoms with van der Waals surface area (Å²) in [4.78, 5) is 26.8. The van der Waals surface area contributed by atoms with Gasteiger partial charge in [0.2, 0.25) is 0 Å². The third kappa shape index (κ3) is 6.02. The van der Waals surface area contributed by atoms with Crippen molar-refractivity contribution in [2.75, 3.05) is 32.5 Å². The van der Waals surface area contributed by atoms with Crippen molar-refractivity contribution >= 4 is 28.6 Å². The van der Waals surface area contributed by atoms with Crippen LogP contribution in [-0.2, 0) is 4.79 Å². The quantitative estimate of drug-likeness (QED) is 0.330. The molecule has 3 aromatic rings. The normalized spacial score (nSPS) is 19.7. The largest absolute Gasteiger partial charge is 0.497 e. The number of rotatable bonds is 10. The first-order valence-corrected chi connectivity index (χ1v) is 12.5. The molecular formula is C25H30N4O4S. The predicted molar refractivity (Wildman–Crippen MR) is 131 cm³/mol. The zero-order valence-electron chi connectivity index (χ0n) is 19.2. The van der Waals surface area contributed by atoms with Gasteiger partial charge in [-0.25, -0.2) is 9.97 Å². The Morgan fingerprint density at radius 3 is 2.91 bits per heavy atom. The van der Waals surface area contributed by atoms with Gasteiger partial charge in [-0.3, -0.25) is 9.78 Å². The number of fused-ring (bicyclic) bond motifs is 1. The van der Waals surface area contributed by atoms with Gasteiger partial charge in [0.25, 0.3) is 0 Å². The fourth-order valence-electron chi connectivity index (χ4n) is 4.63. The number of hydrogen-bond acceptors (Lipinski definition) is 8. The highest BCUT2D eigenvalue weighted by Gasteiger charge is 2.34. The number of aliphatic hydroxyl groups excluding tert-OH is 1. The second-order valence-electron chi connectivity index (χ2n) is 8.57. The van der Waals surface area contributed by atoms with E-state index in [0.29, 0.717) is 25.1 Å². The first-order chi connectivity index (χ1) is 16.5. The van der Waals surface area contributed by atoms with E-state index in [1.54, 1.807) is 31.3 Å². The lowest BCUT2D eigenvalue weighted by Crippen LogP contribution is -2.44.